The van der Waals surface area contributed by atoms with Crippen molar-refractivity contribution in [2.24, 2.45) is 0 Å². The molecule has 0 aliphatic heterocycles. The highest BCUT2D eigenvalue weighted by Gasteiger charge is 2.18. The van der Waals surface area contributed by atoms with E-state index in [4.69, 9.17) is 37.4 Å². The summed E-state index contributed by atoms with van der Waals surface area (Å²) in [4.78, 5) is 23.7. The van der Waals surface area contributed by atoms with E-state index in [9.17, 15) is 23.5 Å². The third-order valence-electron chi connectivity index (χ3n) is 10.2. The average molecular weight is 900 g/mol. The summed E-state index contributed by atoms with van der Waals surface area (Å²) in [5.41, 5.74) is 9.12. The van der Waals surface area contributed by atoms with Crippen LogP contribution >= 0.6 is 23.2 Å². The Morgan fingerprint density at radius 1 is 0.562 bits per heavy atom. The molecule has 0 aliphatic carbocycles. The summed E-state index contributed by atoms with van der Waals surface area (Å²) in [5, 5.41) is 9.99. The van der Waals surface area contributed by atoms with Gasteiger partial charge in [-0.25, -0.2) is 18.4 Å². The second-order valence-corrected chi connectivity index (χ2v) is 15.4. The van der Waals surface area contributed by atoms with E-state index in [-0.39, 0.29) is 30.6 Å². The number of carboxylic acid groups (broad SMARTS) is 1. The van der Waals surface area contributed by atoms with Gasteiger partial charge in [-0.05, 0) is 130 Å². The number of carbonyl (C=O) groups is 2. The number of aromatic carboxylic acids is 1. The highest BCUT2D eigenvalue weighted by atomic mass is 35.5. The normalized spacial score (nSPS) is 10.8. The minimum Gasteiger partial charge on any atom is -0.488 e. The lowest BCUT2D eigenvalue weighted by atomic mass is 10.1. The Labute approximate surface area is 379 Å². The first-order chi connectivity index (χ1) is 30.9. The van der Waals surface area contributed by atoms with E-state index in [1.165, 1.54) is 24.3 Å². The van der Waals surface area contributed by atoms with Crippen molar-refractivity contribution in [3.63, 3.8) is 0 Å². The number of carboxylic acids is 1. The molecule has 2 heterocycles. The van der Waals surface area contributed by atoms with Gasteiger partial charge in [-0.2, -0.15) is 0 Å². The number of carbonyl (C=O) groups excluding carboxylic acids is 1. The van der Waals surface area contributed by atoms with Crippen LogP contribution in [0.3, 0.4) is 0 Å². The van der Waals surface area contributed by atoms with Crippen molar-refractivity contribution in [1.29, 1.82) is 0 Å². The number of benzene rings is 6. The predicted molar refractivity (Wildman–Crippen MR) is 246 cm³/mol. The molecule has 8 aromatic rings. The van der Waals surface area contributed by atoms with Gasteiger partial charge in [0.05, 0.1) is 39.2 Å². The summed E-state index contributed by atoms with van der Waals surface area (Å²) in [6.07, 6.45) is 0. The fourth-order valence-corrected chi connectivity index (χ4v) is 7.59. The molecule has 1 N–H and O–H groups in total. The van der Waals surface area contributed by atoms with Gasteiger partial charge in [-0.3, -0.25) is 0 Å². The zero-order valence-corrected chi connectivity index (χ0v) is 36.5. The molecule has 8 nitrogen and oxygen atoms in total. The van der Waals surface area contributed by atoms with Crippen LogP contribution in [0.5, 0.6) is 11.5 Å². The molecular weight excluding hydrogens is 857 g/mol. The Kier molecular flexibility index (Phi) is 14.3. The lowest BCUT2D eigenvalue weighted by Gasteiger charge is -2.16. The summed E-state index contributed by atoms with van der Waals surface area (Å²) in [6.45, 7) is 6.45. The molecule has 0 fully saturated rings. The Morgan fingerprint density at radius 2 is 1.02 bits per heavy atom. The number of hydrogen-bond donors (Lipinski definition) is 1. The Bertz CT molecular complexity index is 2960. The largest absolute Gasteiger partial charge is 0.488 e. The Hall–Kier alpha value is -7.14. The maximum atomic E-state index is 13.4. The van der Waals surface area contributed by atoms with Crippen molar-refractivity contribution in [3.8, 4) is 45.4 Å². The summed E-state index contributed by atoms with van der Waals surface area (Å²) in [7, 11) is 0. The van der Waals surface area contributed by atoms with Crippen molar-refractivity contribution in [2.75, 3.05) is 6.61 Å². The number of ether oxygens (including phenoxy) is 3. The number of aryl methyl sites for hydroxylation is 2. The highest BCUT2D eigenvalue weighted by molar-refractivity contribution is 6.31. The van der Waals surface area contributed by atoms with Crippen LogP contribution in [0.15, 0.2) is 158 Å². The van der Waals surface area contributed by atoms with Crippen LogP contribution in [0.25, 0.3) is 33.9 Å². The molecule has 0 spiro atoms. The van der Waals surface area contributed by atoms with Crippen molar-refractivity contribution >= 4 is 35.1 Å². The van der Waals surface area contributed by atoms with Crippen LogP contribution < -0.4 is 9.47 Å². The number of nitrogens with zero attached hydrogens (tertiary/aromatic N) is 2. The zero-order valence-electron chi connectivity index (χ0n) is 35.0. The van der Waals surface area contributed by atoms with Gasteiger partial charge in [-0.15, -0.1) is 0 Å². The smallest absolute Gasteiger partial charge is 0.338 e. The second kappa shape index (κ2) is 20.4. The SMILES string of the molecule is CCOC(=O)c1cccc(-n2c(C)ccc2-c2ccccc2OCc2ccc(F)cc2Cl)c1.Cc1ccc(-c2ccccc2OCc2ccc(F)cc2Cl)n1-c1cccc(C(=O)O)c1. The molecule has 0 bridgehead atoms. The van der Waals surface area contributed by atoms with Gasteiger partial charge >= 0.3 is 11.9 Å². The number of hydrogen-bond acceptors (Lipinski definition) is 5. The third kappa shape index (κ3) is 10.4. The molecule has 6 aromatic carbocycles. The molecule has 12 heteroatoms. The van der Waals surface area contributed by atoms with E-state index in [0.29, 0.717) is 44.8 Å². The first kappa shape index (κ1) is 44.9. The first-order valence-corrected chi connectivity index (χ1v) is 21.0. The monoisotopic (exact) mass is 898 g/mol. The third-order valence-corrected chi connectivity index (χ3v) is 10.9. The van der Waals surface area contributed by atoms with Gasteiger partial charge in [0.25, 0.3) is 0 Å². The summed E-state index contributed by atoms with van der Waals surface area (Å²) in [5.74, 6) is -0.817. The van der Waals surface area contributed by atoms with E-state index in [1.807, 2.05) is 115 Å². The standard InChI is InChI=1S/C27H23ClFNO3.C25H19ClFNO3/c1-3-32-27(31)19-7-6-8-22(15-19)30-18(2)11-14-25(30)23-9-4-5-10-26(23)33-17-20-12-13-21(29)16-24(20)28;1-16-9-12-23(28(16)20-6-4-5-17(13-20)25(29)30)21-7-2-3-8-24(21)31-15-18-10-11-19(27)14-22(18)26/h4-16H,3,17H2,1-2H3;2-14H,15H2,1H3,(H,29,30). The number of rotatable bonds is 13. The molecule has 0 amide bonds. The van der Waals surface area contributed by atoms with Gasteiger partial charge in [0.15, 0.2) is 0 Å². The van der Waals surface area contributed by atoms with Crippen molar-refractivity contribution in [1.82, 2.24) is 9.13 Å². The molecular formula is C52H42Cl2F2N2O6. The molecule has 0 radical (unpaired) electrons. The molecule has 0 saturated heterocycles. The fraction of sp³-hybridized carbons (Fsp3) is 0.115. The van der Waals surface area contributed by atoms with Gasteiger partial charge < -0.3 is 28.5 Å². The van der Waals surface area contributed by atoms with Gasteiger partial charge in [0, 0.05) is 45.0 Å². The minimum atomic E-state index is -0.979. The van der Waals surface area contributed by atoms with E-state index in [0.717, 1.165) is 45.3 Å². The topological polar surface area (TPSA) is 91.9 Å². The number of aromatic nitrogens is 2. The van der Waals surface area contributed by atoms with E-state index >= 15 is 0 Å². The van der Waals surface area contributed by atoms with Crippen LogP contribution in [0.1, 0.15) is 50.2 Å². The molecule has 0 aliphatic rings. The minimum absolute atomic E-state index is 0.185. The number of esters is 1. The van der Waals surface area contributed by atoms with Crippen LogP contribution in [0.2, 0.25) is 10.0 Å². The van der Waals surface area contributed by atoms with Crippen LogP contribution in [-0.4, -0.2) is 32.8 Å². The quantitative estimate of drug-likeness (QED) is 0.116. The lowest BCUT2D eigenvalue weighted by molar-refractivity contribution is 0.0525. The van der Waals surface area contributed by atoms with Crippen molar-refractivity contribution in [2.45, 2.75) is 34.0 Å². The molecule has 0 saturated carbocycles. The average Bonchev–Trinajstić information content (AvgIpc) is 3.88. The van der Waals surface area contributed by atoms with Gasteiger partial charge in [0.1, 0.15) is 36.3 Å². The van der Waals surface area contributed by atoms with E-state index in [1.54, 1.807) is 43.3 Å². The molecule has 0 atom stereocenters. The van der Waals surface area contributed by atoms with E-state index in [2.05, 4.69) is 4.57 Å². The second-order valence-electron chi connectivity index (χ2n) is 14.6. The predicted octanol–water partition coefficient (Wildman–Crippen LogP) is 13.5. The maximum absolute atomic E-state index is 13.4. The number of para-hydroxylation sites is 2. The molecule has 8 rings (SSSR count). The number of halogens is 4. The molecule has 64 heavy (non-hydrogen) atoms. The molecule has 0 unspecified atom stereocenters. The maximum Gasteiger partial charge on any atom is 0.338 e. The van der Waals surface area contributed by atoms with E-state index < -0.39 is 11.8 Å². The van der Waals surface area contributed by atoms with Crippen LogP contribution in [0, 0.1) is 25.5 Å². The summed E-state index contributed by atoms with van der Waals surface area (Å²) < 4.78 is 48.0. The van der Waals surface area contributed by atoms with Gasteiger partial charge in [0.2, 0.25) is 0 Å². The molecule has 2 aromatic heterocycles. The lowest BCUT2D eigenvalue weighted by Crippen LogP contribution is -2.07. The first-order valence-electron chi connectivity index (χ1n) is 20.2. The Balaban J connectivity index is 0.000000192. The van der Waals surface area contributed by atoms with Crippen molar-refractivity contribution < 1.29 is 37.7 Å². The summed E-state index contributed by atoms with van der Waals surface area (Å²) >= 11 is 12.3. The fourth-order valence-electron chi connectivity index (χ4n) is 7.14. The highest BCUT2D eigenvalue weighted by Crippen LogP contribution is 2.36. The van der Waals surface area contributed by atoms with Gasteiger partial charge in [-0.1, -0.05) is 71.7 Å². The zero-order chi connectivity index (χ0) is 45.3. The molecule has 324 valence electrons. The van der Waals surface area contributed by atoms with Crippen molar-refractivity contribution in [3.05, 3.63) is 213 Å². The Morgan fingerprint density at radius 3 is 1.47 bits per heavy atom. The van der Waals surface area contributed by atoms with Crippen LogP contribution in [0.4, 0.5) is 8.78 Å². The van der Waals surface area contributed by atoms with Crippen LogP contribution in [-0.2, 0) is 18.0 Å². The summed E-state index contributed by atoms with van der Waals surface area (Å²) in [6, 6.07) is 45.8.